The molecular formula is C17H18N2O5. The van der Waals surface area contributed by atoms with Crippen molar-refractivity contribution in [1.29, 1.82) is 0 Å². The van der Waals surface area contributed by atoms with Crippen molar-refractivity contribution in [3.05, 3.63) is 57.6 Å². The lowest BCUT2D eigenvalue weighted by Gasteiger charge is -2.16. The predicted octanol–water partition coefficient (Wildman–Crippen LogP) is 3.32. The molecule has 0 heterocycles. The molecule has 0 radical (unpaired) electrons. The molecule has 2 rings (SSSR count). The molecule has 0 aromatic heterocycles. The summed E-state index contributed by atoms with van der Waals surface area (Å²) in [5.41, 5.74) is 1.88. The predicted molar refractivity (Wildman–Crippen MR) is 89.4 cm³/mol. The van der Waals surface area contributed by atoms with Crippen LogP contribution in [0.15, 0.2) is 36.4 Å². The van der Waals surface area contributed by atoms with Crippen LogP contribution in [0.1, 0.15) is 18.1 Å². The molecule has 0 spiro atoms. The van der Waals surface area contributed by atoms with Crippen LogP contribution in [0.25, 0.3) is 0 Å². The lowest BCUT2D eigenvalue weighted by atomic mass is 10.1. The number of hydrogen-bond donors (Lipinski definition) is 2. The molecule has 2 aromatic carbocycles. The van der Waals surface area contributed by atoms with Gasteiger partial charge in [0.05, 0.1) is 10.6 Å². The van der Waals surface area contributed by atoms with Crippen LogP contribution < -0.4 is 10.1 Å². The van der Waals surface area contributed by atoms with E-state index in [4.69, 9.17) is 4.74 Å². The summed E-state index contributed by atoms with van der Waals surface area (Å²) >= 11 is 0. The Hall–Kier alpha value is -3.09. The van der Waals surface area contributed by atoms with E-state index in [2.05, 4.69) is 5.32 Å². The molecule has 2 aromatic rings. The number of nitro benzene ring substituents is 1. The van der Waals surface area contributed by atoms with Crippen molar-refractivity contribution in [3.8, 4) is 11.5 Å². The number of non-ortho nitro benzene ring substituents is 1. The Bertz CT molecular complexity index is 789. The Morgan fingerprint density at radius 3 is 2.54 bits per heavy atom. The van der Waals surface area contributed by atoms with Gasteiger partial charge in [0.25, 0.3) is 11.6 Å². The van der Waals surface area contributed by atoms with Crippen molar-refractivity contribution in [2.24, 2.45) is 0 Å². The second-order valence-corrected chi connectivity index (χ2v) is 5.45. The summed E-state index contributed by atoms with van der Waals surface area (Å²) in [6.45, 7) is 5.47. The highest BCUT2D eigenvalue weighted by molar-refractivity contribution is 5.95. The van der Waals surface area contributed by atoms with Crippen LogP contribution >= 0.6 is 0 Å². The Morgan fingerprint density at radius 2 is 1.92 bits per heavy atom. The number of carbonyl (C=O) groups is 1. The first kappa shape index (κ1) is 17.3. The topological polar surface area (TPSA) is 102 Å². The van der Waals surface area contributed by atoms with Gasteiger partial charge in [-0.3, -0.25) is 14.9 Å². The van der Waals surface area contributed by atoms with Crippen molar-refractivity contribution < 1.29 is 19.6 Å². The highest BCUT2D eigenvalue weighted by atomic mass is 16.6. The highest BCUT2D eigenvalue weighted by Gasteiger charge is 2.18. The minimum absolute atomic E-state index is 0.0373. The van der Waals surface area contributed by atoms with Crippen molar-refractivity contribution in [3.63, 3.8) is 0 Å². The number of benzene rings is 2. The fraction of sp³-hybridized carbons (Fsp3) is 0.235. The second kappa shape index (κ2) is 6.99. The van der Waals surface area contributed by atoms with Crippen LogP contribution in [0, 0.1) is 24.0 Å². The maximum Gasteiger partial charge on any atom is 0.271 e. The minimum atomic E-state index is -0.842. The number of ether oxygens (including phenoxy) is 1. The van der Waals surface area contributed by atoms with Gasteiger partial charge in [-0.25, -0.2) is 0 Å². The van der Waals surface area contributed by atoms with Crippen molar-refractivity contribution in [1.82, 2.24) is 0 Å². The molecule has 0 bridgehead atoms. The van der Waals surface area contributed by atoms with Gasteiger partial charge < -0.3 is 15.2 Å². The zero-order valence-corrected chi connectivity index (χ0v) is 13.6. The number of nitrogens with zero attached hydrogens (tertiary/aromatic N) is 1. The molecule has 0 saturated carbocycles. The molecule has 7 heteroatoms. The number of amides is 1. The molecule has 0 saturated heterocycles. The summed E-state index contributed by atoms with van der Waals surface area (Å²) in [7, 11) is 0. The number of nitrogens with one attached hydrogen (secondary N) is 1. The first-order valence-corrected chi connectivity index (χ1v) is 7.30. The van der Waals surface area contributed by atoms with Gasteiger partial charge in [0.1, 0.15) is 11.5 Å². The average molecular weight is 330 g/mol. The molecule has 7 nitrogen and oxygen atoms in total. The average Bonchev–Trinajstić information content (AvgIpc) is 2.52. The van der Waals surface area contributed by atoms with Gasteiger partial charge in [0.2, 0.25) is 0 Å². The third-order valence-electron chi connectivity index (χ3n) is 3.61. The van der Waals surface area contributed by atoms with E-state index >= 15 is 0 Å². The summed E-state index contributed by atoms with van der Waals surface area (Å²) in [6.07, 6.45) is -0.842. The van der Waals surface area contributed by atoms with Gasteiger partial charge in [-0.1, -0.05) is 6.07 Å². The Balaban J connectivity index is 2.10. The van der Waals surface area contributed by atoms with E-state index in [9.17, 15) is 20.0 Å². The zero-order valence-electron chi connectivity index (χ0n) is 13.6. The standard InChI is InChI=1S/C17H18N2O5/c1-10-4-6-14(8-11(10)2)24-12(3)17(21)18-15-9-13(19(22)23)5-7-16(15)20/h4-9,12,20H,1-3H3,(H,18,21). The molecule has 2 N–H and O–H groups in total. The fourth-order valence-electron chi connectivity index (χ4n) is 2.02. The lowest BCUT2D eigenvalue weighted by Crippen LogP contribution is -2.30. The number of nitro groups is 1. The number of hydrogen-bond acceptors (Lipinski definition) is 5. The van der Waals surface area contributed by atoms with E-state index in [1.165, 1.54) is 0 Å². The number of phenols is 1. The monoisotopic (exact) mass is 330 g/mol. The first-order chi connectivity index (χ1) is 11.3. The number of aromatic hydroxyl groups is 1. The normalized spacial score (nSPS) is 11.6. The summed E-state index contributed by atoms with van der Waals surface area (Å²) in [5, 5.41) is 22.9. The molecular weight excluding hydrogens is 312 g/mol. The van der Waals surface area contributed by atoms with E-state index < -0.39 is 16.9 Å². The third kappa shape index (κ3) is 4.01. The summed E-state index contributed by atoms with van der Waals surface area (Å²) < 4.78 is 5.57. The van der Waals surface area contributed by atoms with Crippen LogP contribution in [0.5, 0.6) is 11.5 Å². The number of phenolic OH excluding ortho intramolecular Hbond substituents is 1. The lowest BCUT2D eigenvalue weighted by molar-refractivity contribution is -0.384. The number of anilines is 1. The molecule has 0 fully saturated rings. The maximum absolute atomic E-state index is 12.2. The maximum atomic E-state index is 12.2. The van der Waals surface area contributed by atoms with Crippen LogP contribution in [0.2, 0.25) is 0 Å². The second-order valence-electron chi connectivity index (χ2n) is 5.45. The Labute approximate surface area is 139 Å². The summed E-state index contributed by atoms with van der Waals surface area (Å²) in [4.78, 5) is 22.3. The molecule has 126 valence electrons. The Kier molecular flexibility index (Phi) is 5.03. The van der Waals surface area contributed by atoms with E-state index in [1.807, 2.05) is 26.0 Å². The van der Waals surface area contributed by atoms with Crippen LogP contribution in [0.3, 0.4) is 0 Å². The van der Waals surface area contributed by atoms with Gasteiger partial charge in [-0.15, -0.1) is 0 Å². The highest BCUT2D eigenvalue weighted by Crippen LogP contribution is 2.28. The first-order valence-electron chi connectivity index (χ1n) is 7.30. The van der Waals surface area contributed by atoms with E-state index in [-0.39, 0.29) is 17.1 Å². The third-order valence-corrected chi connectivity index (χ3v) is 3.61. The smallest absolute Gasteiger partial charge is 0.271 e. The van der Waals surface area contributed by atoms with Crippen LogP contribution in [-0.2, 0) is 4.79 Å². The number of aryl methyl sites for hydroxylation is 2. The molecule has 1 atom stereocenters. The summed E-state index contributed by atoms with van der Waals surface area (Å²) in [6, 6.07) is 8.88. The van der Waals surface area contributed by atoms with E-state index in [1.54, 1.807) is 13.0 Å². The number of rotatable bonds is 5. The quantitative estimate of drug-likeness (QED) is 0.497. The fourth-order valence-corrected chi connectivity index (χ4v) is 2.02. The molecule has 0 aliphatic rings. The molecule has 1 unspecified atom stereocenters. The van der Waals surface area contributed by atoms with Gasteiger partial charge in [-0.05, 0) is 50.1 Å². The van der Waals surface area contributed by atoms with Crippen LogP contribution in [-0.4, -0.2) is 22.0 Å². The number of carbonyl (C=O) groups excluding carboxylic acids is 1. The van der Waals surface area contributed by atoms with Gasteiger partial charge in [0, 0.05) is 12.1 Å². The van der Waals surface area contributed by atoms with Crippen molar-refractivity contribution >= 4 is 17.3 Å². The van der Waals surface area contributed by atoms with Crippen molar-refractivity contribution in [2.45, 2.75) is 26.9 Å². The van der Waals surface area contributed by atoms with E-state index in [0.29, 0.717) is 5.75 Å². The van der Waals surface area contributed by atoms with Crippen molar-refractivity contribution in [2.75, 3.05) is 5.32 Å². The van der Waals surface area contributed by atoms with E-state index in [0.717, 1.165) is 29.3 Å². The molecule has 0 aliphatic carbocycles. The largest absolute Gasteiger partial charge is 0.506 e. The van der Waals surface area contributed by atoms with Gasteiger partial charge >= 0.3 is 0 Å². The Morgan fingerprint density at radius 1 is 1.21 bits per heavy atom. The SMILES string of the molecule is Cc1ccc(OC(C)C(=O)Nc2cc([N+](=O)[O-])ccc2O)cc1C. The van der Waals surface area contributed by atoms with Gasteiger partial charge in [0.15, 0.2) is 6.10 Å². The molecule has 1 amide bonds. The summed E-state index contributed by atoms with van der Waals surface area (Å²) in [5.74, 6) is -0.236. The zero-order chi connectivity index (χ0) is 17.9. The molecule has 24 heavy (non-hydrogen) atoms. The van der Waals surface area contributed by atoms with Gasteiger partial charge in [-0.2, -0.15) is 0 Å². The van der Waals surface area contributed by atoms with Crippen LogP contribution in [0.4, 0.5) is 11.4 Å². The molecule has 0 aliphatic heterocycles. The minimum Gasteiger partial charge on any atom is -0.506 e.